The summed E-state index contributed by atoms with van der Waals surface area (Å²) in [6, 6.07) is 7.76. The summed E-state index contributed by atoms with van der Waals surface area (Å²) in [5.74, 6) is -3.95. The van der Waals surface area contributed by atoms with Crippen LogP contribution in [0.15, 0.2) is 46.6 Å². The van der Waals surface area contributed by atoms with Crippen LogP contribution >= 0.6 is 0 Å². The molecule has 168 valence electrons. The van der Waals surface area contributed by atoms with Crippen LogP contribution in [0.3, 0.4) is 0 Å². The highest BCUT2D eigenvalue weighted by molar-refractivity contribution is 5.94. The van der Waals surface area contributed by atoms with E-state index in [2.05, 4.69) is 10.2 Å². The van der Waals surface area contributed by atoms with Crippen LogP contribution in [-0.4, -0.2) is 34.1 Å². The molecule has 0 saturated heterocycles. The number of aromatic carboxylic acids is 2. The molecular weight excluding hydrogens is 420 g/mol. The summed E-state index contributed by atoms with van der Waals surface area (Å²) in [5, 5.41) is 26.6. The fraction of sp³-hybridized carbons (Fsp3) is 0.273. The summed E-state index contributed by atoms with van der Waals surface area (Å²) < 4.78 is 10.1. The van der Waals surface area contributed by atoms with Crippen LogP contribution in [0, 0.1) is 0 Å². The van der Waals surface area contributed by atoms with Crippen LogP contribution in [-0.2, 0) is 9.59 Å². The van der Waals surface area contributed by atoms with E-state index in [0.29, 0.717) is 12.8 Å². The number of rotatable bonds is 10. The molecule has 2 rings (SSSR count). The number of nitrogens with zero attached hydrogens (tertiary/aromatic N) is 2. The number of benzene rings is 2. The predicted octanol–water partition coefficient (Wildman–Crippen LogP) is 4.91. The number of hydrogen-bond donors (Lipinski definition) is 2. The first-order valence-corrected chi connectivity index (χ1v) is 9.82. The first-order valence-electron chi connectivity index (χ1n) is 9.82. The zero-order valence-corrected chi connectivity index (χ0v) is 17.5. The molecule has 0 amide bonds. The third kappa shape index (κ3) is 6.73. The Hall–Kier alpha value is -4.08. The van der Waals surface area contributed by atoms with Gasteiger partial charge in [0.1, 0.15) is 22.6 Å². The number of esters is 2. The molecular formula is C22H22N2O8. The van der Waals surface area contributed by atoms with E-state index in [1.165, 1.54) is 36.4 Å². The van der Waals surface area contributed by atoms with Gasteiger partial charge in [0.2, 0.25) is 0 Å². The molecule has 0 aromatic heterocycles. The van der Waals surface area contributed by atoms with Crippen molar-refractivity contribution in [3.63, 3.8) is 0 Å². The molecule has 0 unspecified atom stereocenters. The third-order valence-corrected chi connectivity index (χ3v) is 4.02. The third-order valence-electron chi connectivity index (χ3n) is 4.02. The van der Waals surface area contributed by atoms with Crippen LogP contribution in [0.25, 0.3) is 0 Å². The van der Waals surface area contributed by atoms with Crippen molar-refractivity contribution in [1.29, 1.82) is 0 Å². The average molecular weight is 442 g/mol. The van der Waals surface area contributed by atoms with Crippen LogP contribution in [0.5, 0.6) is 11.5 Å². The van der Waals surface area contributed by atoms with E-state index in [1.54, 1.807) is 13.8 Å². The molecule has 10 heteroatoms. The van der Waals surface area contributed by atoms with Crippen molar-refractivity contribution in [2.45, 2.75) is 39.5 Å². The van der Waals surface area contributed by atoms with Gasteiger partial charge in [-0.15, -0.1) is 0 Å². The molecule has 0 heterocycles. The van der Waals surface area contributed by atoms with Crippen molar-refractivity contribution in [1.82, 2.24) is 0 Å². The molecule has 0 bridgehead atoms. The lowest BCUT2D eigenvalue weighted by atomic mass is 10.1. The van der Waals surface area contributed by atoms with Gasteiger partial charge in [-0.2, -0.15) is 10.2 Å². The average Bonchev–Trinajstić information content (AvgIpc) is 2.73. The number of azo groups is 1. The second kappa shape index (κ2) is 11.3. The van der Waals surface area contributed by atoms with Crippen molar-refractivity contribution in [2.75, 3.05) is 0 Å². The van der Waals surface area contributed by atoms with E-state index < -0.39 is 23.9 Å². The van der Waals surface area contributed by atoms with Gasteiger partial charge in [0.15, 0.2) is 0 Å². The largest absolute Gasteiger partial charge is 0.478 e. The number of carbonyl (C=O) groups is 4. The summed E-state index contributed by atoms with van der Waals surface area (Å²) in [6.07, 6.45) is 1.41. The maximum Gasteiger partial charge on any atom is 0.339 e. The van der Waals surface area contributed by atoms with Gasteiger partial charge in [-0.25, -0.2) is 9.59 Å². The highest BCUT2D eigenvalue weighted by atomic mass is 16.5. The van der Waals surface area contributed by atoms with E-state index >= 15 is 0 Å². The Morgan fingerprint density at radius 3 is 1.41 bits per heavy atom. The summed E-state index contributed by atoms with van der Waals surface area (Å²) in [4.78, 5) is 46.3. The van der Waals surface area contributed by atoms with Gasteiger partial charge in [0, 0.05) is 12.8 Å². The van der Waals surface area contributed by atoms with Gasteiger partial charge in [0.05, 0.1) is 11.4 Å². The molecule has 0 saturated carbocycles. The first kappa shape index (κ1) is 24.2. The molecule has 0 spiro atoms. The van der Waals surface area contributed by atoms with Crippen molar-refractivity contribution in [3.05, 3.63) is 47.5 Å². The lowest BCUT2D eigenvalue weighted by Gasteiger charge is -2.08. The van der Waals surface area contributed by atoms with Crippen LogP contribution in [0.2, 0.25) is 0 Å². The Bertz CT molecular complexity index is 978. The normalized spacial score (nSPS) is 10.7. The van der Waals surface area contributed by atoms with Crippen molar-refractivity contribution < 1.29 is 38.9 Å². The second-order valence-electron chi connectivity index (χ2n) is 6.62. The highest BCUT2D eigenvalue weighted by Crippen LogP contribution is 2.29. The predicted molar refractivity (Wildman–Crippen MR) is 112 cm³/mol. The van der Waals surface area contributed by atoms with Gasteiger partial charge in [-0.05, 0) is 49.2 Å². The number of carboxylic acid groups (broad SMARTS) is 2. The summed E-state index contributed by atoms with van der Waals surface area (Å²) in [7, 11) is 0. The van der Waals surface area contributed by atoms with Gasteiger partial charge in [-0.3, -0.25) is 9.59 Å². The Morgan fingerprint density at radius 2 is 1.09 bits per heavy atom. The molecule has 0 radical (unpaired) electrons. The summed E-state index contributed by atoms with van der Waals surface area (Å²) in [6.45, 7) is 3.58. The Labute approximate surface area is 183 Å². The molecule has 2 aromatic carbocycles. The van der Waals surface area contributed by atoms with Crippen LogP contribution in [0.1, 0.15) is 60.2 Å². The van der Waals surface area contributed by atoms with Crippen molar-refractivity contribution >= 4 is 35.3 Å². The topological polar surface area (TPSA) is 152 Å². The summed E-state index contributed by atoms with van der Waals surface area (Å²) in [5.41, 5.74) is -0.244. The van der Waals surface area contributed by atoms with Crippen molar-refractivity contribution in [2.24, 2.45) is 10.2 Å². The van der Waals surface area contributed by atoms with E-state index in [0.717, 1.165) is 0 Å². The highest BCUT2D eigenvalue weighted by Gasteiger charge is 2.17. The van der Waals surface area contributed by atoms with Gasteiger partial charge in [0.25, 0.3) is 0 Å². The molecule has 0 atom stereocenters. The zero-order chi connectivity index (χ0) is 23.7. The van der Waals surface area contributed by atoms with Gasteiger partial charge in [-0.1, -0.05) is 13.8 Å². The molecule has 32 heavy (non-hydrogen) atoms. The van der Waals surface area contributed by atoms with Gasteiger partial charge < -0.3 is 19.7 Å². The van der Waals surface area contributed by atoms with Gasteiger partial charge >= 0.3 is 23.9 Å². The molecule has 2 N–H and O–H groups in total. The zero-order valence-electron chi connectivity index (χ0n) is 17.5. The minimum absolute atomic E-state index is 0.110. The van der Waals surface area contributed by atoms with E-state index in [-0.39, 0.29) is 46.8 Å². The fourth-order valence-corrected chi connectivity index (χ4v) is 2.54. The lowest BCUT2D eigenvalue weighted by Crippen LogP contribution is -2.10. The van der Waals surface area contributed by atoms with E-state index in [9.17, 15) is 29.4 Å². The smallest absolute Gasteiger partial charge is 0.339 e. The molecule has 10 nitrogen and oxygen atoms in total. The Kier molecular flexibility index (Phi) is 8.58. The van der Waals surface area contributed by atoms with E-state index in [1.807, 2.05) is 0 Å². The molecule has 0 aliphatic rings. The number of hydrogen-bond acceptors (Lipinski definition) is 8. The fourth-order valence-electron chi connectivity index (χ4n) is 2.54. The minimum Gasteiger partial charge on any atom is -0.478 e. The van der Waals surface area contributed by atoms with Crippen LogP contribution < -0.4 is 9.47 Å². The van der Waals surface area contributed by atoms with Crippen LogP contribution in [0.4, 0.5) is 11.4 Å². The number of ether oxygens (including phenoxy) is 2. The SMILES string of the molecule is CCCC(=O)Oc1ccc(N=Nc2ccc(OC(=O)CCC)c(C(=O)O)c2)cc1C(=O)O. The quantitative estimate of drug-likeness (QED) is 0.299. The number of carbonyl (C=O) groups excluding carboxylic acids is 2. The summed E-state index contributed by atoms with van der Waals surface area (Å²) >= 11 is 0. The second-order valence-corrected chi connectivity index (χ2v) is 6.62. The Balaban J connectivity index is 2.28. The lowest BCUT2D eigenvalue weighted by molar-refractivity contribution is -0.135. The molecule has 0 fully saturated rings. The number of carboxylic acids is 2. The monoisotopic (exact) mass is 442 g/mol. The minimum atomic E-state index is -1.31. The standard InChI is InChI=1S/C22H22N2O8/c1-3-5-19(25)31-17-9-7-13(11-15(17)21(27)28)23-24-14-8-10-18(16(12-14)22(29)30)32-20(26)6-4-2/h7-12H,3-6H2,1-2H3,(H,27,28)(H,29,30). The molecule has 0 aliphatic heterocycles. The maximum absolute atomic E-state index is 11.7. The first-order chi connectivity index (χ1) is 15.2. The molecule has 2 aromatic rings. The molecule has 0 aliphatic carbocycles. The van der Waals surface area contributed by atoms with E-state index in [4.69, 9.17) is 9.47 Å². The Morgan fingerprint density at radius 1 is 0.719 bits per heavy atom. The van der Waals surface area contributed by atoms with Crippen molar-refractivity contribution in [3.8, 4) is 11.5 Å². The maximum atomic E-state index is 11.7.